The first-order valence-corrected chi connectivity index (χ1v) is 8.58. The first kappa shape index (κ1) is 17.0. The number of carbonyl (C=O) groups excluding carboxylic acids is 1. The van der Waals surface area contributed by atoms with Gasteiger partial charge in [-0.2, -0.15) is 4.98 Å². The van der Waals surface area contributed by atoms with E-state index in [4.69, 9.17) is 8.94 Å². The van der Waals surface area contributed by atoms with Crippen molar-refractivity contribution in [3.63, 3.8) is 0 Å². The molecule has 4 aromatic rings. The Morgan fingerprint density at radius 1 is 1.19 bits per heavy atom. The minimum atomic E-state index is -0.468. The summed E-state index contributed by atoms with van der Waals surface area (Å²) in [5, 5.41) is 7.74. The van der Waals surface area contributed by atoms with E-state index in [1.54, 1.807) is 25.4 Å². The van der Waals surface area contributed by atoms with E-state index in [2.05, 4.69) is 20.4 Å². The Kier molecular flexibility index (Phi) is 4.19. The van der Waals surface area contributed by atoms with Crippen LogP contribution in [0, 0.1) is 13.8 Å². The van der Waals surface area contributed by atoms with Crippen LogP contribution < -0.4 is 5.32 Å². The topological polar surface area (TPSA) is 94.1 Å². The third-order valence-corrected chi connectivity index (χ3v) is 4.45. The number of para-hydroxylation sites is 1. The SMILES string of the molecule is Cc1c(C(=O)NC(C)c2nc(-c3cccnc3)no2)oc2c(C)cccc12. The molecule has 0 aliphatic rings. The van der Waals surface area contributed by atoms with Crippen LogP contribution in [-0.4, -0.2) is 21.0 Å². The Hall–Kier alpha value is -3.48. The number of aryl methyl sites for hydroxylation is 2. The molecular weight excluding hydrogens is 344 g/mol. The largest absolute Gasteiger partial charge is 0.450 e. The maximum absolute atomic E-state index is 12.7. The second kappa shape index (κ2) is 6.68. The van der Waals surface area contributed by atoms with Gasteiger partial charge in [0.05, 0.1) is 0 Å². The fourth-order valence-electron chi connectivity index (χ4n) is 2.95. The third-order valence-electron chi connectivity index (χ3n) is 4.45. The van der Waals surface area contributed by atoms with Crippen molar-refractivity contribution in [1.82, 2.24) is 20.4 Å². The van der Waals surface area contributed by atoms with Gasteiger partial charge in [0.25, 0.3) is 5.91 Å². The van der Waals surface area contributed by atoms with Crippen molar-refractivity contribution in [2.75, 3.05) is 0 Å². The highest BCUT2D eigenvalue weighted by Gasteiger charge is 2.23. The molecule has 0 saturated heterocycles. The minimum Gasteiger partial charge on any atom is -0.450 e. The zero-order valence-corrected chi connectivity index (χ0v) is 15.2. The number of carbonyl (C=O) groups is 1. The van der Waals surface area contributed by atoms with Crippen LogP contribution in [0.15, 0.2) is 51.7 Å². The molecule has 0 aliphatic carbocycles. The van der Waals surface area contributed by atoms with Crippen LogP contribution in [0.4, 0.5) is 0 Å². The van der Waals surface area contributed by atoms with E-state index in [0.29, 0.717) is 11.7 Å². The quantitative estimate of drug-likeness (QED) is 0.590. The Morgan fingerprint density at radius 3 is 2.78 bits per heavy atom. The summed E-state index contributed by atoms with van der Waals surface area (Å²) in [7, 11) is 0. The lowest BCUT2D eigenvalue weighted by atomic mass is 10.1. The molecule has 3 aromatic heterocycles. The Bertz CT molecular complexity index is 1110. The highest BCUT2D eigenvalue weighted by atomic mass is 16.5. The average molecular weight is 362 g/mol. The van der Waals surface area contributed by atoms with Crippen molar-refractivity contribution in [2.45, 2.75) is 26.8 Å². The van der Waals surface area contributed by atoms with Crippen LogP contribution in [0.5, 0.6) is 0 Å². The summed E-state index contributed by atoms with van der Waals surface area (Å²) in [6.07, 6.45) is 3.32. The molecule has 136 valence electrons. The first-order valence-electron chi connectivity index (χ1n) is 8.58. The Morgan fingerprint density at radius 2 is 2.04 bits per heavy atom. The van der Waals surface area contributed by atoms with E-state index >= 15 is 0 Å². The second-order valence-corrected chi connectivity index (χ2v) is 6.40. The molecule has 0 fully saturated rings. The summed E-state index contributed by atoms with van der Waals surface area (Å²) in [6, 6.07) is 9.01. The van der Waals surface area contributed by atoms with E-state index in [0.717, 1.165) is 27.7 Å². The van der Waals surface area contributed by atoms with Gasteiger partial charge in [-0.25, -0.2) is 0 Å². The van der Waals surface area contributed by atoms with E-state index in [-0.39, 0.29) is 11.7 Å². The zero-order valence-electron chi connectivity index (χ0n) is 15.2. The highest BCUT2D eigenvalue weighted by molar-refractivity contribution is 5.99. The monoisotopic (exact) mass is 362 g/mol. The summed E-state index contributed by atoms with van der Waals surface area (Å²) in [4.78, 5) is 21.1. The van der Waals surface area contributed by atoms with Crippen LogP contribution in [0.2, 0.25) is 0 Å². The molecule has 1 amide bonds. The standard InChI is InChI=1S/C20H18N4O3/c1-11-6-4-8-15-12(2)17(26-16(11)15)19(25)22-13(3)20-23-18(24-27-20)14-7-5-9-21-10-14/h4-10,13H,1-3H3,(H,22,25). The molecular formula is C20H18N4O3. The molecule has 0 bridgehead atoms. The number of pyridine rings is 1. The van der Waals surface area contributed by atoms with Crippen LogP contribution >= 0.6 is 0 Å². The summed E-state index contributed by atoms with van der Waals surface area (Å²) in [5.41, 5.74) is 3.26. The first-order chi connectivity index (χ1) is 13.0. The summed E-state index contributed by atoms with van der Waals surface area (Å²) < 4.78 is 11.1. The molecule has 0 aliphatic heterocycles. The van der Waals surface area contributed by atoms with Crippen molar-refractivity contribution >= 4 is 16.9 Å². The van der Waals surface area contributed by atoms with Gasteiger partial charge in [0.2, 0.25) is 11.7 Å². The third kappa shape index (κ3) is 3.08. The lowest BCUT2D eigenvalue weighted by Crippen LogP contribution is -2.27. The maximum Gasteiger partial charge on any atom is 0.287 e. The van der Waals surface area contributed by atoms with Crippen molar-refractivity contribution in [1.29, 1.82) is 0 Å². The Balaban J connectivity index is 1.56. The number of fused-ring (bicyclic) bond motifs is 1. The van der Waals surface area contributed by atoms with Crippen molar-refractivity contribution in [2.24, 2.45) is 0 Å². The van der Waals surface area contributed by atoms with E-state index < -0.39 is 6.04 Å². The second-order valence-electron chi connectivity index (χ2n) is 6.40. The lowest BCUT2D eigenvalue weighted by Gasteiger charge is -2.08. The minimum absolute atomic E-state index is 0.290. The molecule has 1 unspecified atom stereocenters. The molecule has 0 spiro atoms. The Labute approximate surface area is 155 Å². The molecule has 0 radical (unpaired) electrons. The number of hydrogen-bond acceptors (Lipinski definition) is 6. The van der Waals surface area contributed by atoms with Gasteiger partial charge in [-0.3, -0.25) is 9.78 Å². The molecule has 1 N–H and O–H groups in total. The molecule has 4 rings (SSSR count). The molecule has 27 heavy (non-hydrogen) atoms. The number of rotatable bonds is 4. The predicted molar refractivity (Wildman–Crippen MR) is 99.1 cm³/mol. The van der Waals surface area contributed by atoms with Gasteiger partial charge in [0, 0.05) is 28.9 Å². The smallest absolute Gasteiger partial charge is 0.287 e. The molecule has 7 heteroatoms. The maximum atomic E-state index is 12.7. The number of hydrogen-bond donors (Lipinski definition) is 1. The van der Waals surface area contributed by atoms with Crippen LogP contribution in [0.3, 0.4) is 0 Å². The van der Waals surface area contributed by atoms with E-state index in [1.165, 1.54) is 0 Å². The number of nitrogens with one attached hydrogen (secondary N) is 1. The van der Waals surface area contributed by atoms with Crippen LogP contribution in [-0.2, 0) is 0 Å². The number of benzene rings is 1. The molecule has 3 heterocycles. The molecule has 1 atom stereocenters. The molecule has 0 saturated carbocycles. The van der Waals surface area contributed by atoms with Gasteiger partial charge in [-0.1, -0.05) is 23.4 Å². The summed E-state index contributed by atoms with van der Waals surface area (Å²) >= 11 is 0. The number of aromatic nitrogens is 3. The average Bonchev–Trinajstić information content (AvgIpc) is 3.29. The number of nitrogens with zero attached hydrogens (tertiary/aromatic N) is 3. The van der Waals surface area contributed by atoms with Gasteiger partial charge in [0.15, 0.2) is 5.76 Å². The predicted octanol–water partition coefficient (Wildman–Crippen LogP) is 3.99. The van der Waals surface area contributed by atoms with Crippen LogP contribution in [0.1, 0.15) is 40.5 Å². The zero-order chi connectivity index (χ0) is 19.0. The number of furan rings is 1. The van der Waals surface area contributed by atoms with Crippen LogP contribution in [0.25, 0.3) is 22.4 Å². The van der Waals surface area contributed by atoms with Crippen molar-refractivity contribution < 1.29 is 13.7 Å². The van der Waals surface area contributed by atoms with E-state index in [9.17, 15) is 4.79 Å². The van der Waals surface area contributed by atoms with Gasteiger partial charge >= 0.3 is 0 Å². The van der Waals surface area contributed by atoms with Gasteiger partial charge < -0.3 is 14.3 Å². The molecule has 1 aromatic carbocycles. The molecule has 7 nitrogen and oxygen atoms in total. The fraction of sp³-hybridized carbons (Fsp3) is 0.200. The number of amides is 1. The van der Waals surface area contributed by atoms with Crippen molar-refractivity contribution in [3.8, 4) is 11.4 Å². The van der Waals surface area contributed by atoms with Crippen molar-refractivity contribution in [3.05, 3.63) is 65.5 Å². The fourth-order valence-corrected chi connectivity index (χ4v) is 2.95. The highest BCUT2D eigenvalue weighted by Crippen LogP contribution is 2.28. The summed E-state index contributed by atoms with van der Waals surface area (Å²) in [6.45, 7) is 5.60. The van der Waals surface area contributed by atoms with Gasteiger partial charge in [-0.05, 0) is 38.5 Å². The van der Waals surface area contributed by atoms with Gasteiger partial charge in [-0.15, -0.1) is 0 Å². The summed E-state index contributed by atoms with van der Waals surface area (Å²) in [5.74, 6) is 0.705. The van der Waals surface area contributed by atoms with Gasteiger partial charge in [0.1, 0.15) is 11.6 Å². The van der Waals surface area contributed by atoms with E-state index in [1.807, 2.05) is 38.1 Å². The lowest BCUT2D eigenvalue weighted by molar-refractivity contribution is 0.0905. The normalized spacial score (nSPS) is 12.3.